The van der Waals surface area contributed by atoms with Crippen LogP contribution in [0, 0.1) is 0 Å². The van der Waals surface area contributed by atoms with Gasteiger partial charge in [-0.25, -0.2) is 9.78 Å². The Kier molecular flexibility index (Phi) is 2.82. The Balaban J connectivity index is 2.34. The maximum absolute atomic E-state index is 10.9. The van der Waals surface area contributed by atoms with Crippen LogP contribution in [0.25, 0.3) is 0 Å². The molecule has 0 saturated carbocycles. The number of hydrogen-bond acceptors (Lipinski definition) is 5. The number of rotatable bonds is 2. The van der Waals surface area contributed by atoms with Crippen LogP contribution in [0.15, 0.2) is 45.0 Å². The van der Waals surface area contributed by atoms with Crippen molar-refractivity contribution < 1.29 is 0 Å². The molecule has 0 aliphatic rings. The standard InChI is InChI=1S/C10H10N4OS/c11-6-3-1-2-4-7(6)16-8-5-13-10(15)14-9(8)12/h1-5H,11H2,(H3,12,13,14,15). The van der Waals surface area contributed by atoms with Crippen molar-refractivity contribution in [2.45, 2.75) is 9.79 Å². The minimum absolute atomic E-state index is 0.299. The van der Waals surface area contributed by atoms with Crippen LogP contribution < -0.4 is 17.2 Å². The fourth-order valence-corrected chi connectivity index (χ4v) is 2.00. The molecule has 82 valence electrons. The zero-order chi connectivity index (χ0) is 11.5. The molecule has 16 heavy (non-hydrogen) atoms. The van der Waals surface area contributed by atoms with Crippen LogP contribution >= 0.6 is 11.8 Å². The van der Waals surface area contributed by atoms with Gasteiger partial charge >= 0.3 is 5.69 Å². The summed E-state index contributed by atoms with van der Waals surface area (Å²) < 4.78 is 0. The smallest absolute Gasteiger partial charge is 0.346 e. The van der Waals surface area contributed by atoms with E-state index in [0.717, 1.165) is 4.90 Å². The Bertz CT molecular complexity index is 567. The number of nitrogens with two attached hydrogens (primary N) is 2. The zero-order valence-corrected chi connectivity index (χ0v) is 9.12. The van der Waals surface area contributed by atoms with E-state index in [2.05, 4.69) is 9.97 Å². The second kappa shape index (κ2) is 4.28. The van der Waals surface area contributed by atoms with E-state index in [4.69, 9.17) is 11.5 Å². The molecule has 1 heterocycles. The topological polar surface area (TPSA) is 97.8 Å². The van der Waals surface area contributed by atoms with E-state index in [0.29, 0.717) is 16.4 Å². The number of nitrogens with zero attached hydrogens (tertiary/aromatic N) is 1. The summed E-state index contributed by atoms with van der Waals surface area (Å²) in [7, 11) is 0. The minimum Gasteiger partial charge on any atom is -0.398 e. The molecule has 0 radical (unpaired) electrons. The second-order valence-electron chi connectivity index (χ2n) is 3.11. The van der Waals surface area contributed by atoms with Gasteiger partial charge in [0.15, 0.2) is 0 Å². The van der Waals surface area contributed by atoms with E-state index in [-0.39, 0.29) is 0 Å². The van der Waals surface area contributed by atoms with Crippen molar-refractivity contribution in [2.24, 2.45) is 0 Å². The van der Waals surface area contributed by atoms with Gasteiger partial charge in [-0.3, -0.25) is 4.98 Å². The van der Waals surface area contributed by atoms with Gasteiger partial charge in [0, 0.05) is 10.6 Å². The molecule has 1 aromatic heterocycles. The van der Waals surface area contributed by atoms with Crippen LogP contribution in [-0.2, 0) is 0 Å². The Morgan fingerprint density at radius 1 is 1.19 bits per heavy atom. The SMILES string of the molecule is Nc1ccccc1Sc1cnc(=O)[nH]c1N. The van der Waals surface area contributed by atoms with Crippen molar-refractivity contribution in [1.82, 2.24) is 9.97 Å². The van der Waals surface area contributed by atoms with E-state index in [1.54, 1.807) is 6.07 Å². The molecule has 0 aliphatic carbocycles. The van der Waals surface area contributed by atoms with Gasteiger partial charge in [0.05, 0.1) is 11.1 Å². The summed E-state index contributed by atoms with van der Waals surface area (Å²) in [5, 5.41) is 0. The number of anilines is 2. The molecule has 2 aromatic rings. The average molecular weight is 234 g/mol. The maximum Gasteiger partial charge on any atom is 0.346 e. The highest BCUT2D eigenvalue weighted by Crippen LogP contribution is 2.33. The first-order valence-electron chi connectivity index (χ1n) is 4.54. The summed E-state index contributed by atoms with van der Waals surface area (Å²) in [6.45, 7) is 0. The van der Waals surface area contributed by atoms with Gasteiger partial charge in [0.2, 0.25) is 0 Å². The first-order valence-corrected chi connectivity index (χ1v) is 5.35. The van der Waals surface area contributed by atoms with Crippen molar-refractivity contribution in [3.05, 3.63) is 40.9 Å². The van der Waals surface area contributed by atoms with Crippen LogP contribution in [0.4, 0.5) is 11.5 Å². The predicted octanol–water partition coefficient (Wildman–Crippen LogP) is 1.09. The van der Waals surface area contributed by atoms with Crippen LogP contribution in [0.1, 0.15) is 0 Å². The van der Waals surface area contributed by atoms with Crippen molar-refractivity contribution in [2.75, 3.05) is 11.5 Å². The highest BCUT2D eigenvalue weighted by Gasteiger charge is 2.05. The molecular formula is C10H10N4OS. The minimum atomic E-state index is -0.456. The van der Waals surface area contributed by atoms with Crippen LogP contribution in [0.5, 0.6) is 0 Å². The maximum atomic E-state index is 10.9. The molecular weight excluding hydrogens is 224 g/mol. The summed E-state index contributed by atoms with van der Waals surface area (Å²) in [6.07, 6.45) is 1.44. The number of para-hydroxylation sites is 1. The summed E-state index contributed by atoms with van der Waals surface area (Å²) in [6, 6.07) is 7.42. The lowest BCUT2D eigenvalue weighted by Crippen LogP contribution is -2.12. The molecule has 0 atom stereocenters. The van der Waals surface area contributed by atoms with Gasteiger partial charge in [-0.15, -0.1) is 0 Å². The summed E-state index contributed by atoms with van der Waals surface area (Å²) in [4.78, 5) is 18.5. The fourth-order valence-electron chi connectivity index (χ4n) is 1.17. The molecule has 1 aromatic carbocycles. The van der Waals surface area contributed by atoms with Crippen LogP contribution in [-0.4, -0.2) is 9.97 Å². The Morgan fingerprint density at radius 2 is 1.94 bits per heavy atom. The first-order chi connectivity index (χ1) is 7.66. The second-order valence-corrected chi connectivity index (χ2v) is 4.19. The van der Waals surface area contributed by atoms with Gasteiger partial charge in [-0.2, -0.15) is 0 Å². The lowest BCUT2D eigenvalue weighted by atomic mass is 10.3. The Hall–Kier alpha value is -1.95. The number of nitrogens with one attached hydrogen (secondary N) is 1. The third kappa shape index (κ3) is 2.17. The van der Waals surface area contributed by atoms with E-state index in [9.17, 15) is 4.79 Å². The molecule has 0 bridgehead atoms. The van der Waals surface area contributed by atoms with Crippen molar-refractivity contribution in [3.8, 4) is 0 Å². The molecule has 5 N–H and O–H groups in total. The monoisotopic (exact) mass is 234 g/mol. The highest BCUT2D eigenvalue weighted by atomic mass is 32.2. The lowest BCUT2D eigenvalue weighted by molar-refractivity contribution is 1.04. The summed E-state index contributed by atoms with van der Waals surface area (Å²) in [5.41, 5.74) is 11.7. The molecule has 6 heteroatoms. The summed E-state index contributed by atoms with van der Waals surface area (Å²) >= 11 is 1.37. The Labute approximate surface area is 95.9 Å². The lowest BCUT2D eigenvalue weighted by Gasteiger charge is -2.05. The van der Waals surface area contributed by atoms with Crippen molar-refractivity contribution in [3.63, 3.8) is 0 Å². The first kappa shape index (κ1) is 10.6. The average Bonchev–Trinajstić information content (AvgIpc) is 2.25. The quantitative estimate of drug-likeness (QED) is 0.675. The highest BCUT2D eigenvalue weighted by molar-refractivity contribution is 7.99. The molecule has 0 saturated heterocycles. The van der Waals surface area contributed by atoms with E-state index >= 15 is 0 Å². The number of H-pyrrole nitrogens is 1. The van der Waals surface area contributed by atoms with Gasteiger partial charge in [0.25, 0.3) is 0 Å². The molecule has 2 rings (SSSR count). The third-order valence-corrected chi connectivity index (χ3v) is 3.08. The van der Waals surface area contributed by atoms with Gasteiger partial charge < -0.3 is 11.5 Å². The van der Waals surface area contributed by atoms with E-state index in [1.807, 2.05) is 18.2 Å². The predicted molar refractivity (Wildman–Crippen MR) is 64.2 cm³/mol. The number of aromatic amines is 1. The number of nitrogen functional groups attached to an aromatic ring is 2. The van der Waals surface area contributed by atoms with E-state index in [1.165, 1.54) is 18.0 Å². The van der Waals surface area contributed by atoms with Crippen LogP contribution in [0.3, 0.4) is 0 Å². The zero-order valence-electron chi connectivity index (χ0n) is 8.31. The summed E-state index contributed by atoms with van der Waals surface area (Å²) in [5.74, 6) is 0.299. The van der Waals surface area contributed by atoms with Gasteiger partial charge in [-0.1, -0.05) is 23.9 Å². The van der Waals surface area contributed by atoms with Crippen molar-refractivity contribution in [1.29, 1.82) is 0 Å². The largest absolute Gasteiger partial charge is 0.398 e. The molecule has 0 amide bonds. The van der Waals surface area contributed by atoms with Crippen LogP contribution in [0.2, 0.25) is 0 Å². The van der Waals surface area contributed by atoms with Gasteiger partial charge in [-0.05, 0) is 12.1 Å². The third-order valence-electron chi connectivity index (χ3n) is 1.95. The van der Waals surface area contributed by atoms with Crippen molar-refractivity contribution >= 4 is 23.3 Å². The number of benzene rings is 1. The molecule has 0 spiro atoms. The number of hydrogen-bond donors (Lipinski definition) is 3. The van der Waals surface area contributed by atoms with Gasteiger partial charge in [0.1, 0.15) is 5.82 Å². The fraction of sp³-hybridized carbons (Fsp3) is 0. The van der Waals surface area contributed by atoms with E-state index < -0.39 is 5.69 Å². The molecule has 0 fully saturated rings. The Morgan fingerprint density at radius 3 is 2.62 bits per heavy atom. The molecule has 5 nitrogen and oxygen atoms in total. The normalized spacial score (nSPS) is 10.2. The molecule has 0 unspecified atom stereocenters. The molecule has 0 aliphatic heterocycles. The number of aromatic nitrogens is 2.